The molecule has 33 heavy (non-hydrogen) atoms. The molecule has 3 rings (SSSR count). The van der Waals surface area contributed by atoms with E-state index in [1.807, 2.05) is 19.2 Å². The number of alkyl halides is 3. The third kappa shape index (κ3) is 6.21. The first-order valence-corrected chi connectivity index (χ1v) is 10.9. The Kier molecular flexibility index (Phi) is 7.55. The molecule has 0 radical (unpaired) electrons. The second-order valence-electron chi connectivity index (χ2n) is 8.69. The zero-order valence-corrected chi connectivity index (χ0v) is 18.5. The van der Waals surface area contributed by atoms with E-state index in [-0.39, 0.29) is 23.1 Å². The molecule has 2 aromatic rings. The number of pyridine rings is 2. The maximum atomic E-state index is 13.7. The summed E-state index contributed by atoms with van der Waals surface area (Å²) in [5, 5.41) is 4.70. The molecule has 0 saturated heterocycles. The van der Waals surface area contributed by atoms with Crippen LogP contribution in [0.25, 0.3) is 0 Å². The van der Waals surface area contributed by atoms with E-state index >= 15 is 0 Å². The fourth-order valence-corrected chi connectivity index (χ4v) is 3.92. The molecule has 1 aliphatic rings. The van der Waals surface area contributed by atoms with Crippen LogP contribution in [0.15, 0.2) is 41.7 Å². The van der Waals surface area contributed by atoms with Gasteiger partial charge in [0.1, 0.15) is 11.1 Å². The number of carbonyl (C=O) groups is 2. The van der Waals surface area contributed by atoms with E-state index < -0.39 is 35.0 Å². The van der Waals surface area contributed by atoms with E-state index in [4.69, 9.17) is 0 Å². The van der Waals surface area contributed by atoms with Crippen molar-refractivity contribution in [3.63, 3.8) is 0 Å². The first-order valence-electron chi connectivity index (χ1n) is 10.9. The Morgan fingerprint density at radius 2 is 1.79 bits per heavy atom. The molecule has 7 nitrogen and oxygen atoms in total. The average Bonchev–Trinajstić information content (AvgIpc) is 3.25. The van der Waals surface area contributed by atoms with Crippen molar-refractivity contribution >= 4 is 11.8 Å². The molecule has 0 aromatic carbocycles. The molecule has 2 aromatic heterocycles. The minimum absolute atomic E-state index is 0.0619. The van der Waals surface area contributed by atoms with Crippen LogP contribution >= 0.6 is 0 Å². The molecule has 1 unspecified atom stereocenters. The normalized spacial score (nSPS) is 15.5. The summed E-state index contributed by atoms with van der Waals surface area (Å²) in [4.78, 5) is 42.4. The van der Waals surface area contributed by atoms with Crippen molar-refractivity contribution in [2.24, 2.45) is 5.92 Å². The highest BCUT2D eigenvalue weighted by molar-refractivity contribution is 5.99. The number of halogens is 3. The Hall–Kier alpha value is -3.17. The number of nitrogens with one attached hydrogen (secondary N) is 2. The van der Waals surface area contributed by atoms with Gasteiger partial charge < -0.3 is 15.2 Å². The molecule has 1 aliphatic carbocycles. The van der Waals surface area contributed by atoms with E-state index in [9.17, 15) is 27.6 Å². The van der Waals surface area contributed by atoms with Crippen molar-refractivity contribution in [3.8, 4) is 0 Å². The minimum Gasteiger partial charge on any atom is -0.352 e. The lowest BCUT2D eigenvalue weighted by Gasteiger charge is -2.22. The number of amides is 2. The molecule has 10 heteroatoms. The molecule has 178 valence electrons. The van der Waals surface area contributed by atoms with Crippen LogP contribution in [-0.2, 0) is 6.54 Å². The fourth-order valence-electron chi connectivity index (χ4n) is 3.92. The molecule has 0 aliphatic heterocycles. The van der Waals surface area contributed by atoms with Crippen LogP contribution in [0.1, 0.15) is 71.9 Å². The Balaban J connectivity index is 1.96. The first-order chi connectivity index (χ1) is 15.6. The predicted octanol–water partition coefficient (Wildman–Crippen LogP) is 3.61. The topological polar surface area (TPSA) is 93.1 Å². The summed E-state index contributed by atoms with van der Waals surface area (Å²) in [6.45, 7) is 4.17. The maximum Gasteiger partial charge on any atom is 0.412 e. The molecule has 2 heterocycles. The summed E-state index contributed by atoms with van der Waals surface area (Å²) in [5.74, 6) is -1.73. The summed E-state index contributed by atoms with van der Waals surface area (Å²) in [5.41, 5.74) is -1.96. The van der Waals surface area contributed by atoms with Crippen LogP contribution in [0.2, 0.25) is 0 Å². The van der Waals surface area contributed by atoms with Gasteiger partial charge in [-0.05, 0) is 24.8 Å². The van der Waals surface area contributed by atoms with Gasteiger partial charge in [0.25, 0.3) is 11.8 Å². The zero-order valence-electron chi connectivity index (χ0n) is 18.5. The van der Waals surface area contributed by atoms with Crippen molar-refractivity contribution in [1.82, 2.24) is 20.2 Å². The second kappa shape index (κ2) is 10.2. The Bertz CT molecular complexity index is 1050. The van der Waals surface area contributed by atoms with Gasteiger partial charge in [0.2, 0.25) is 5.43 Å². The third-order valence-electron chi connectivity index (χ3n) is 5.46. The monoisotopic (exact) mass is 464 g/mol. The molecule has 1 atom stereocenters. The standard InChI is InChI=1S/C23H27F3N4O3/c1-14(2)11-30-12-17(21(32)28-16-7-3-4-8-16)19(31)18(13-30)22(33)29-20(23(24,25)26)15-6-5-9-27-10-15/h5-6,9-10,12-14,16,20H,3-4,7-8,11H2,1-2H3,(H,28,32)(H,29,33). The lowest BCUT2D eigenvalue weighted by Crippen LogP contribution is -2.42. The largest absolute Gasteiger partial charge is 0.412 e. The Morgan fingerprint density at radius 1 is 1.15 bits per heavy atom. The van der Waals surface area contributed by atoms with E-state index in [2.05, 4.69) is 10.3 Å². The highest BCUT2D eigenvalue weighted by atomic mass is 19.4. The second-order valence-corrected chi connectivity index (χ2v) is 8.69. The fraction of sp³-hybridized carbons (Fsp3) is 0.478. The summed E-state index contributed by atoms with van der Waals surface area (Å²) >= 11 is 0. The first kappa shape index (κ1) is 24.5. The van der Waals surface area contributed by atoms with Crippen molar-refractivity contribution in [2.45, 2.75) is 64.3 Å². The number of rotatable bonds is 7. The lowest BCUT2D eigenvalue weighted by molar-refractivity contribution is -0.155. The van der Waals surface area contributed by atoms with E-state index in [1.54, 1.807) is 0 Å². The molecule has 1 saturated carbocycles. The van der Waals surface area contributed by atoms with Gasteiger partial charge in [-0.3, -0.25) is 19.4 Å². The number of carbonyl (C=O) groups excluding carboxylic acids is 2. The number of nitrogens with zero attached hydrogens (tertiary/aromatic N) is 2. The molecular weight excluding hydrogens is 437 g/mol. The SMILES string of the molecule is CC(C)Cn1cc(C(=O)NC2CCCC2)c(=O)c(C(=O)NC(c2cccnc2)C(F)(F)F)c1. The maximum absolute atomic E-state index is 13.7. The molecule has 0 spiro atoms. The molecule has 1 fully saturated rings. The van der Waals surface area contributed by atoms with E-state index in [0.717, 1.165) is 31.9 Å². The molecule has 0 bridgehead atoms. The average molecular weight is 464 g/mol. The van der Waals surface area contributed by atoms with Crippen LogP contribution in [0.4, 0.5) is 13.2 Å². The zero-order chi connectivity index (χ0) is 24.2. The minimum atomic E-state index is -4.81. The number of hydrogen-bond acceptors (Lipinski definition) is 4. The van der Waals surface area contributed by atoms with Crippen molar-refractivity contribution in [1.29, 1.82) is 0 Å². The number of aromatic nitrogens is 2. The highest BCUT2D eigenvalue weighted by Crippen LogP contribution is 2.32. The molecule has 2 N–H and O–H groups in total. The Labute approximate surface area is 189 Å². The molecule has 2 amide bonds. The summed E-state index contributed by atoms with van der Waals surface area (Å²) in [6, 6.07) is 0.0957. The van der Waals surface area contributed by atoms with Gasteiger partial charge in [0.15, 0.2) is 6.04 Å². The van der Waals surface area contributed by atoms with Gasteiger partial charge in [-0.1, -0.05) is 32.8 Å². The quantitative estimate of drug-likeness (QED) is 0.655. The van der Waals surface area contributed by atoms with Crippen molar-refractivity contribution < 1.29 is 22.8 Å². The van der Waals surface area contributed by atoms with E-state index in [0.29, 0.717) is 6.54 Å². The molecular formula is C23H27F3N4O3. The smallest absolute Gasteiger partial charge is 0.352 e. The van der Waals surface area contributed by atoms with Gasteiger partial charge in [-0.25, -0.2) is 0 Å². The summed E-state index contributed by atoms with van der Waals surface area (Å²) < 4.78 is 42.5. The van der Waals surface area contributed by atoms with Crippen LogP contribution in [0.3, 0.4) is 0 Å². The third-order valence-corrected chi connectivity index (χ3v) is 5.46. The lowest BCUT2D eigenvalue weighted by atomic mass is 10.1. The Morgan fingerprint density at radius 3 is 2.33 bits per heavy atom. The van der Waals surface area contributed by atoms with Gasteiger partial charge in [-0.2, -0.15) is 13.2 Å². The van der Waals surface area contributed by atoms with Crippen LogP contribution in [0, 0.1) is 5.92 Å². The van der Waals surface area contributed by atoms with Gasteiger partial charge in [-0.15, -0.1) is 0 Å². The van der Waals surface area contributed by atoms with Crippen LogP contribution in [-0.4, -0.2) is 33.6 Å². The van der Waals surface area contributed by atoms with Gasteiger partial charge >= 0.3 is 6.18 Å². The highest BCUT2D eigenvalue weighted by Gasteiger charge is 2.42. The van der Waals surface area contributed by atoms with Gasteiger partial charge in [0, 0.05) is 42.9 Å². The van der Waals surface area contributed by atoms with Gasteiger partial charge in [0.05, 0.1) is 0 Å². The van der Waals surface area contributed by atoms with Crippen LogP contribution < -0.4 is 16.1 Å². The predicted molar refractivity (Wildman–Crippen MR) is 116 cm³/mol. The van der Waals surface area contributed by atoms with E-state index in [1.165, 1.54) is 35.3 Å². The van der Waals surface area contributed by atoms with Crippen molar-refractivity contribution in [3.05, 3.63) is 63.8 Å². The van der Waals surface area contributed by atoms with Crippen molar-refractivity contribution in [2.75, 3.05) is 0 Å². The summed E-state index contributed by atoms with van der Waals surface area (Å²) in [6.07, 6.45) is 3.58. The van der Waals surface area contributed by atoms with Crippen LogP contribution in [0.5, 0.6) is 0 Å². The number of hydrogen-bond donors (Lipinski definition) is 2. The summed E-state index contributed by atoms with van der Waals surface area (Å²) in [7, 11) is 0.